The molecule has 1 aliphatic heterocycles. The summed E-state index contributed by atoms with van der Waals surface area (Å²) in [7, 11) is 0. The highest BCUT2D eigenvalue weighted by Gasteiger charge is 2.53. The van der Waals surface area contributed by atoms with Crippen molar-refractivity contribution in [3.63, 3.8) is 0 Å². The van der Waals surface area contributed by atoms with Gasteiger partial charge >= 0.3 is 0 Å². The molecule has 2 amide bonds. The van der Waals surface area contributed by atoms with Crippen molar-refractivity contribution in [1.29, 1.82) is 0 Å². The number of carbonyl (C=O) groups excluding carboxylic acids is 2. The van der Waals surface area contributed by atoms with Gasteiger partial charge < -0.3 is 10.8 Å². The third-order valence-corrected chi connectivity index (χ3v) is 4.68. The zero-order valence-electron chi connectivity index (χ0n) is 12.1. The molecule has 120 valence electrons. The molecule has 2 aromatic rings. The SMILES string of the molecule is C#CN1C(=O)C(O)(c2ccc(Br)cc2Cl)c2c(C(N)=O)cccc21. The summed E-state index contributed by atoms with van der Waals surface area (Å²) in [4.78, 5) is 25.6. The van der Waals surface area contributed by atoms with Crippen molar-refractivity contribution in [2.45, 2.75) is 5.60 Å². The molecule has 1 aliphatic rings. The molecule has 0 radical (unpaired) electrons. The fourth-order valence-corrected chi connectivity index (χ4v) is 3.66. The van der Waals surface area contributed by atoms with E-state index in [0.29, 0.717) is 4.47 Å². The van der Waals surface area contributed by atoms with Crippen molar-refractivity contribution in [2.75, 3.05) is 4.90 Å². The van der Waals surface area contributed by atoms with Crippen LogP contribution in [0.15, 0.2) is 40.9 Å². The predicted molar refractivity (Wildman–Crippen MR) is 93.4 cm³/mol. The maximum Gasteiger partial charge on any atom is 0.280 e. The normalized spacial score (nSPS) is 19.1. The number of hydrogen-bond acceptors (Lipinski definition) is 3. The lowest BCUT2D eigenvalue weighted by atomic mass is 9.84. The summed E-state index contributed by atoms with van der Waals surface area (Å²) in [5.41, 5.74) is 3.58. The van der Waals surface area contributed by atoms with Gasteiger partial charge in [-0.25, -0.2) is 4.90 Å². The molecule has 0 bridgehead atoms. The van der Waals surface area contributed by atoms with Crippen LogP contribution in [0.3, 0.4) is 0 Å². The number of hydrogen-bond donors (Lipinski definition) is 2. The lowest BCUT2D eigenvalue weighted by Crippen LogP contribution is -2.40. The van der Waals surface area contributed by atoms with E-state index in [4.69, 9.17) is 23.8 Å². The van der Waals surface area contributed by atoms with Gasteiger partial charge in [0.2, 0.25) is 5.91 Å². The van der Waals surface area contributed by atoms with Crippen molar-refractivity contribution in [3.05, 3.63) is 62.6 Å². The van der Waals surface area contributed by atoms with Crippen molar-refractivity contribution < 1.29 is 14.7 Å². The fraction of sp³-hybridized carbons (Fsp3) is 0.0588. The molecule has 3 N–H and O–H groups in total. The average Bonchev–Trinajstić information content (AvgIpc) is 2.75. The van der Waals surface area contributed by atoms with Crippen LogP contribution >= 0.6 is 27.5 Å². The number of rotatable bonds is 2. The quantitative estimate of drug-likeness (QED) is 0.753. The van der Waals surface area contributed by atoms with Gasteiger partial charge in [0.05, 0.1) is 5.69 Å². The largest absolute Gasteiger partial charge is 0.372 e. The molecule has 0 saturated heterocycles. The Kier molecular flexibility index (Phi) is 3.88. The predicted octanol–water partition coefficient (Wildman–Crippen LogP) is 2.37. The van der Waals surface area contributed by atoms with Gasteiger partial charge in [-0.15, -0.1) is 0 Å². The Balaban J connectivity index is 2.41. The molecule has 1 heterocycles. The topological polar surface area (TPSA) is 83.6 Å². The van der Waals surface area contributed by atoms with Gasteiger partial charge in [-0.05, 0) is 24.3 Å². The zero-order valence-corrected chi connectivity index (χ0v) is 14.4. The number of benzene rings is 2. The lowest BCUT2D eigenvalue weighted by Gasteiger charge is -2.24. The number of nitrogens with two attached hydrogens (primary N) is 1. The number of fused-ring (bicyclic) bond motifs is 1. The molecular weight excluding hydrogens is 396 g/mol. The van der Waals surface area contributed by atoms with Gasteiger partial charge in [-0.2, -0.15) is 0 Å². The summed E-state index contributed by atoms with van der Waals surface area (Å²) in [5, 5.41) is 11.4. The third-order valence-electron chi connectivity index (χ3n) is 3.87. The molecule has 3 rings (SSSR count). The molecular formula is C17H10BrClN2O3. The minimum Gasteiger partial charge on any atom is -0.372 e. The summed E-state index contributed by atoms with van der Waals surface area (Å²) in [6, 6.07) is 11.3. The number of anilines is 1. The van der Waals surface area contributed by atoms with E-state index in [0.717, 1.165) is 4.90 Å². The van der Waals surface area contributed by atoms with Crippen LogP contribution < -0.4 is 10.6 Å². The number of carbonyl (C=O) groups is 2. The van der Waals surface area contributed by atoms with Gasteiger partial charge in [0.15, 0.2) is 5.60 Å². The van der Waals surface area contributed by atoms with Gasteiger partial charge in [0, 0.05) is 32.2 Å². The molecule has 1 unspecified atom stereocenters. The zero-order chi connectivity index (χ0) is 17.6. The van der Waals surface area contributed by atoms with Crippen LogP contribution in [0.1, 0.15) is 21.5 Å². The highest BCUT2D eigenvalue weighted by molar-refractivity contribution is 9.10. The van der Waals surface area contributed by atoms with Crippen LogP contribution in [0.25, 0.3) is 0 Å². The molecule has 0 spiro atoms. The second-order valence-corrected chi connectivity index (χ2v) is 6.49. The van der Waals surface area contributed by atoms with E-state index in [-0.39, 0.29) is 27.4 Å². The van der Waals surface area contributed by atoms with Gasteiger partial charge in [-0.3, -0.25) is 9.59 Å². The van der Waals surface area contributed by atoms with E-state index in [1.165, 1.54) is 30.3 Å². The molecule has 2 aromatic carbocycles. The minimum atomic E-state index is -2.20. The van der Waals surface area contributed by atoms with Gasteiger partial charge in [-0.1, -0.05) is 46.1 Å². The highest BCUT2D eigenvalue weighted by atomic mass is 79.9. The van der Waals surface area contributed by atoms with Crippen LogP contribution in [-0.2, 0) is 10.4 Å². The third kappa shape index (κ3) is 2.13. The number of nitrogens with zero attached hydrogens (tertiary/aromatic N) is 1. The van der Waals surface area contributed by atoms with Crippen molar-refractivity contribution in [2.24, 2.45) is 5.73 Å². The average molecular weight is 406 g/mol. The maximum absolute atomic E-state index is 12.8. The van der Waals surface area contributed by atoms with Crippen LogP contribution in [0.4, 0.5) is 5.69 Å². The Hall–Kier alpha value is -2.33. The second kappa shape index (κ2) is 5.64. The van der Waals surface area contributed by atoms with Crippen LogP contribution in [0.2, 0.25) is 5.02 Å². The van der Waals surface area contributed by atoms with Crippen molar-refractivity contribution in [1.82, 2.24) is 0 Å². The first-order chi connectivity index (χ1) is 11.3. The second-order valence-electron chi connectivity index (χ2n) is 5.17. The van der Waals surface area contributed by atoms with Crippen molar-refractivity contribution in [3.8, 4) is 12.5 Å². The Morgan fingerprint density at radius 3 is 2.67 bits per heavy atom. The molecule has 0 saturated carbocycles. The lowest BCUT2D eigenvalue weighted by molar-refractivity contribution is -0.131. The molecule has 7 heteroatoms. The van der Waals surface area contributed by atoms with Gasteiger partial charge in [0.1, 0.15) is 0 Å². The van der Waals surface area contributed by atoms with E-state index < -0.39 is 17.4 Å². The minimum absolute atomic E-state index is 0.0000791. The first kappa shape index (κ1) is 16.5. The molecule has 0 fully saturated rings. The molecule has 5 nitrogen and oxygen atoms in total. The molecule has 1 atom stereocenters. The van der Waals surface area contributed by atoms with Gasteiger partial charge in [0.25, 0.3) is 5.91 Å². The molecule has 0 aromatic heterocycles. The number of halogens is 2. The van der Waals surface area contributed by atoms with E-state index in [1.807, 2.05) is 0 Å². The van der Waals surface area contributed by atoms with Crippen LogP contribution in [0.5, 0.6) is 0 Å². The van der Waals surface area contributed by atoms with Crippen LogP contribution in [0, 0.1) is 12.5 Å². The number of amides is 2. The number of terminal acetylenes is 1. The molecule has 0 aliphatic carbocycles. The summed E-state index contributed by atoms with van der Waals surface area (Å²) in [6.07, 6.45) is 5.41. The Morgan fingerprint density at radius 1 is 1.38 bits per heavy atom. The summed E-state index contributed by atoms with van der Waals surface area (Å²) in [6.45, 7) is 0. The Morgan fingerprint density at radius 2 is 2.08 bits per heavy atom. The highest BCUT2D eigenvalue weighted by Crippen LogP contribution is 2.47. The first-order valence-corrected chi connectivity index (χ1v) is 7.91. The fourth-order valence-electron chi connectivity index (χ4n) is 2.85. The smallest absolute Gasteiger partial charge is 0.280 e. The van der Waals surface area contributed by atoms with E-state index in [9.17, 15) is 14.7 Å². The Labute approximate surface area is 151 Å². The van der Waals surface area contributed by atoms with E-state index in [2.05, 4.69) is 22.0 Å². The number of primary amides is 1. The summed E-state index contributed by atoms with van der Waals surface area (Å²) < 4.78 is 0.669. The van der Waals surface area contributed by atoms with E-state index in [1.54, 1.807) is 6.07 Å². The molecule has 24 heavy (non-hydrogen) atoms. The Bertz CT molecular complexity index is 938. The maximum atomic E-state index is 12.8. The number of aliphatic hydroxyl groups is 1. The summed E-state index contributed by atoms with van der Waals surface area (Å²) >= 11 is 9.49. The monoisotopic (exact) mass is 404 g/mol. The standard InChI is InChI=1S/C17H10BrClN2O3/c1-2-21-13-5-3-4-10(15(20)22)14(13)17(24,16(21)23)11-7-6-9(18)8-12(11)19/h1,3-8,24H,(H2,20,22). The van der Waals surface area contributed by atoms with Crippen molar-refractivity contribution >= 4 is 45.0 Å². The summed E-state index contributed by atoms with van der Waals surface area (Å²) in [5.74, 6) is -1.58. The van der Waals surface area contributed by atoms with Crippen LogP contribution in [-0.4, -0.2) is 16.9 Å². The first-order valence-electron chi connectivity index (χ1n) is 6.74. The van der Waals surface area contributed by atoms with E-state index >= 15 is 0 Å².